The highest BCUT2D eigenvalue weighted by Crippen LogP contribution is 2.28. The van der Waals surface area contributed by atoms with Gasteiger partial charge in [-0.3, -0.25) is 0 Å². The third-order valence-corrected chi connectivity index (χ3v) is 6.02. The lowest BCUT2D eigenvalue weighted by molar-refractivity contribution is 0.153. The van der Waals surface area contributed by atoms with Crippen molar-refractivity contribution in [2.45, 2.75) is 70.9 Å². The Bertz CT molecular complexity index is 1040. The number of aromatic nitrogens is 8. The van der Waals surface area contributed by atoms with Crippen molar-refractivity contribution in [3.63, 3.8) is 0 Å². The molecule has 4 rings (SSSR count). The molecular weight excluding hydrogens is 436 g/mol. The van der Waals surface area contributed by atoms with Gasteiger partial charge < -0.3 is 14.2 Å². The summed E-state index contributed by atoms with van der Waals surface area (Å²) in [4.78, 5) is 6.24. The van der Waals surface area contributed by atoms with Gasteiger partial charge in [-0.25, -0.2) is 9.67 Å². The first-order valence-corrected chi connectivity index (χ1v) is 12.1. The fourth-order valence-electron chi connectivity index (χ4n) is 4.10. The average Bonchev–Trinajstić information content (AvgIpc) is 3.45. The van der Waals surface area contributed by atoms with Crippen LogP contribution in [0.5, 0.6) is 11.8 Å². The third-order valence-electron chi connectivity index (χ3n) is 6.02. The highest BCUT2D eigenvalue weighted by molar-refractivity contribution is 5.58. The van der Waals surface area contributed by atoms with Gasteiger partial charge in [0.1, 0.15) is 18.0 Å². The van der Waals surface area contributed by atoms with Crippen LogP contribution in [0, 0.1) is 6.92 Å². The molecule has 1 fully saturated rings. The lowest BCUT2D eigenvalue weighted by Crippen LogP contribution is -2.20. The minimum Gasteiger partial charge on any atom is -0.489 e. The number of nitrogens with zero attached hydrogens (tertiary/aromatic N) is 8. The van der Waals surface area contributed by atoms with E-state index in [4.69, 9.17) is 19.2 Å². The van der Waals surface area contributed by atoms with E-state index in [0.29, 0.717) is 18.8 Å². The normalized spacial score (nSPS) is 14.4. The molecular formula is C23H34N8O3. The highest BCUT2D eigenvalue weighted by atomic mass is 16.5. The molecule has 3 aromatic heterocycles. The summed E-state index contributed by atoms with van der Waals surface area (Å²) < 4.78 is 18.6. The van der Waals surface area contributed by atoms with Gasteiger partial charge in [-0.15, -0.1) is 5.10 Å². The van der Waals surface area contributed by atoms with Gasteiger partial charge in [-0.2, -0.15) is 4.80 Å². The first kappa shape index (κ1) is 24.1. The Morgan fingerprint density at radius 2 is 1.82 bits per heavy atom. The van der Waals surface area contributed by atoms with E-state index < -0.39 is 0 Å². The number of aryl methyl sites for hydroxylation is 2. The minimum absolute atomic E-state index is 0.265. The summed E-state index contributed by atoms with van der Waals surface area (Å²) in [6.45, 7) is 3.63. The van der Waals surface area contributed by atoms with Crippen molar-refractivity contribution >= 4 is 0 Å². The maximum absolute atomic E-state index is 6.21. The van der Waals surface area contributed by atoms with Crippen molar-refractivity contribution in [3.05, 3.63) is 23.5 Å². The Labute approximate surface area is 199 Å². The van der Waals surface area contributed by atoms with Crippen molar-refractivity contribution in [3.8, 4) is 23.1 Å². The van der Waals surface area contributed by atoms with Crippen molar-refractivity contribution in [2.24, 2.45) is 7.05 Å². The van der Waals surface area contributed by atoms with Crippen molar-refractivity contribution in [1.82, 2.24) is 40.2 Å². The van der Waals surface area contributed by atoms with Crippen LogP contribution in [-0.4, -0.2) is 66.6 Å². The molecule has 34 heavy (non-hydrogen) atoms. The topological polar surface area (TPSA) is 115 Å². The Morgan fingerprint density at radius 3 is 2.62 bits per heavy atom. The van der Waals surface area contributed by atoms with Gasteiger partial charge >= 0.3 is 6.01 Å². The van der Waals surface area contributed by atoms with E-state index in [9.17, 15) is 0 Å². The van der Waals surface area contributed by atoms with Crippen LogP contribution in [0.1, 0.15) is 62.8 Å². The Hall–Kier alpha value is -3.08. The first-order valence-electron chi connectivity index (χ1n) is 12.1. The number of unbranched alkanes of at least 4 members (excludes halogenated alkanes) is 2. The van der Waals surface area contributed by atoms with Gasteiger partial charge in [0.05, 0.1) is 29.8 Å². The number of ether oxygens (including phenoxy) is 3. The second-order valence-corrected chi connectivity index (χ2v) is 8.67. The zero-order valence-corrected chi connectivity index (χ0v) is 20.3. The van der Waals surface area contributed by atoms with Crippen molar-refractivity contribution in [2.75, 3.05) is 20.3 Å². The number of methoxy groups -OCH3 is 1. The first-order chi connectivity index (χ1) is 16.6. The summed E-state index contributed by atoms with van der Waals surface area (Å²) in [5.41, 5.74) is 3.10. The van der Waals surface area contributed by atoms with E-state index in [1.165, 1.54) is 24.1 Å². The molecule has 0 unspecified atom stereocenters. The summed E-state index contributed by atoms with van der Waals surface area (Å²) in [5, 5.41) is 21.0. The van der Waals surface area contributed by atoms with Crippen LogP contribution in [0.3, 0.4) is 0 Å². The molecule has 184 valence electrons. The molecule has 0 saturated heterocycles. The monoisotopic (exact) mass is 470 g/mol. The zero-order chi connectivity index (χ0) is 23.8. The molecule has 0 N–H and O–H groups in total. The molecule has 3 heterocycles. The SMILES string of the molecule is COCCCCCOc1nnn(Cc2c(-c3ccc(OC4CCCCC4)c(C)n3)nnn2C)n1. The quantitative estimate of drug-likeness (QED) is 0.368. The number of rotatable bonds is 12. The molecule has 0 spiro atoms. The van der Waals surface area contributed by atoms with Crippen LogP contribution in [-0.2, 0) is 18.3 Å². The Kier molecular flexibility index (Phi) is 8.40. The van der Waals surface area contributed by atoms with Gasteiger partial charge in [0.25, 0.3) is 0 Å². The van der Waals surface area contributed by atoms with Gasteiger partial charge in [0, 0.05) is 20.8 Å². The van der Waals surface area contributed by atoms with E-state index in [2.05, 4.69) is 25.7 Å². The average molecular weight is 471 g/mol. The number of hydrogen-bond acceptors (Lipinski definition) is 9. The fraction of sp³-hybridized carbons (Fsp3) is 0.652. The molecule has 11 nitrogen and oxygen atoms in total. The molecule has 0 bridgehead atoms. The Morgan fingerprint density at radius 1 is 1.00 bits per heavy atom. The molecule has 0 aromatic carbocycles. The molecule has 1 aliphatic carbocycles. The lowest BCUT2D eigenvalue weighted by Gasteiger charge is -2.23. The molecule has 0 amide bonds. The molecule has 11 heteroatoms. The van der Waals surface area contributed by atoms with E-state index in [0.717, 1.165) is 61.5 Å². The summed E-state index contributed by atoms with van der Waals surface area (Å²) in [5.74, 6) is 0.836. The van der Waals surface area contributed by atoms with Crippen molar-refractivity contribution < 1.29 is 14.2 Å². The van der Waals surface area contributed by atoms with E-state index in [-0.39, 0.29) is 12.1 Å². The highest BCUT2D eigenvalue weighted by Gasteiger charge is 2.19. The van der Waals surface area contributed by atoms with Crippen LogP contribution in [0.2, 0.25) is 0 Å². The lowest BCUT2D eigenvalue weighted by atomic mass is 9.98. The van der Waals surface area contributed by atoms with Crippen LogP contribution in [0.25, 0.3) is 11.4 Å². The van der Waals surface area contributed by atoms with Crippen LogP contribution in [0.4, 0.5) is 0 Å². The molecule has 0 atom stereocenters. The fourth-order valence-corrected chi connectivity index (χ4v) is 4.10. The van der Waals surface area contributed by atoms with Gasteiger partial charge in [0.2, 0.25) is 0 Å². The van der Waals surface area contributed by atoms with Crippen LogP contribution >= 0.6 is 0 Å². The summed E-state index contributed by atoms with van der Waals surface area (Å²) in [7, 11) is 3.55. The van der Waals surface area contributed by atoms with Gasteiger partial charge in [-0.1, -0.05) is 21.8 Å². The van der Waals surface area contributed by atoms with Gasteiger partial charge in [-0.05, 0) is 69.2 Å². The zero-order valence-electron chi connectivity index (χ0n) is 20.3. The maximum atomic E-state index is 6.21. The molecule has 1 saturated carbocycles. The predicted octanol–water partition coefficient (Wildman–Crippen LogP) is 3.13. The molecule has 0 aliphatic heterocycles. The van der Waals surface area contributed by atoms with Crippen LogP contribution in [0.15, 0.2) is 12.1 Å². The number of hydrogen-bond donors (Lipinski definition) is 0. The number of pyridine rings is 1. The van der Waals surface area contributed by atoms with E-state index in [1.807, 2.05) is 26.1 Å². The standard InChI is InChI=1S/C23H34N8O3/c1-17-21(34-18-10-6-4-7-11-18)13-12-19(24-17)22-20(30(2)28-25-22)16-31-27-23(26-29-31)33-15-9-5-8-14-32-3/h12-13,18H,4-11,14-16H2,1-3H3. The van der Waals surface area contributed by atoms with E-state index in [1.54, 1.807) is 11.8 Å². The van der Waals surface area contributed by atoms with Crippen molar-refractivity contribution in [1.29, 1.82) is 0 Å². The van der Waals surface area contributed by atoms with E-state index >= 15 is 0 Å². The molecule has 1 aliphatic rings. The summed E-state index contributed by atoms with van der Waals surface area (Å²) in [6, 6.07) is 4.18. The molecule has 3 aromatic rings. The maximum Gasteiger partial charge on any atom is 0.356 e. The largest absolute Gasteiger partial charge is 0.489 e. The second-order valence-electron chi connectivity index (χ2n) is 8.67. The van der Waals surface area contributed by atoms with Gasteiger partial charge in [0.15, 0.2) is 0 Å². The minimum atomic E-state index is 0.265. The second kappa shape index (κ2) is 11.9. The van der Waals surface area contributed by atoms with Crippen LogP contribution < -0.4 is 9.47 Å². The predicted molar refractivity (Wildman–Crippen MR) is 125 cm³/mol. The number of tetrazole rings is 1. The molecule has 0 radical (unpaired) electrons. The third kappa shape index (κ3) is 6.28. The smallest absolute Gasteiger partial charge is 0.356 e. The summed E-state index contributed by atoms with van der Waals surface area (Å²) >= 11 is 0. The summed E-state index contributed by atoms with van der Waals surface area (Å²) in [6.07, 6.45) is 9.23. The Balaban J connectivity index is 1.39.